The van der Waals surface area contributed by atoms with E-state index in [1.54, 1.807) is 0 Å². The summed E-state index contributed by atoms with van der Waals surface area (Å²) in [5.74, 6) is -0.356. The number of esters is 1. The van der Waals surface area contributed by atoms with Gasteiger partial charge in [0.2, 0.25) is 0 Å². The molecule has 2 aromatic rings. The van der Waals surface area contributed by atoms with Crippen LogP contribution in [0.3, 0.4) is 0 Å². The highest BCUT2D eigenvalue weighted by Crippen LogP contribution is 2.37. The van der Waals surface area contributed by atoms with Crippen molar-refractivity contribution in [2.75, 3.05) is 32.7 Å². The molecule has 0 bridgehead atoms. The van der Waals surface area contributed by atoms with E-state index < -0.39 is 20.9 Å². The van der Waals surface area contributed by atoms with Crippen molar-refractivity contribution in [2.45, 2.75) is 4.90 Å². The molecule has 11 heteroatoms. The van der Waals surface area contributed by atoms with Crippen LogP contribution in [0.25, 0.3) is 0 Å². The number of nitrogens with zero attached hydrogens (tertiary/aromatic N) is 2. The average Bonchev–Trinajstić information content (AvgIpc) is 2.71. The SMILES string of the molecule is COC(=O)c1cc(OC)c(OC)cc1N(C)S(=O)(=O)c1ccc([N+](=O)[O-])cc1. The first-order valence-electron chi connectivity index (χ1n) is 7.75. The monoisotopic (exact) mass is 410 g/mol. The molecule has 0 saturated carbocycles. The first-order chi connectivity index (χ1) is 13.2. The summed E-state index contributed by atoms with van der Waals surface area (Å²) in [6.07, 6.45) is 0. The van der Waals surface area contributed by atoms with Crippen molar-refractivity contribution in [1.82, 2.24) is 0 Å². The maximum atomic E-state index is 13.0. The zero-order chi connectivity index (χ0) is 21.1. The van der Waals surface area contributed by atoms with Crippen LogP contribution in [-0.2, 0) is 14.8 Å². The fraction of sp³-hybridized carbons (Fsp3) is 0.235. The number of ether oxygens (including phenoxy) is 3. The van der Waals surface area contributed by atoms with E-state index >= 15 is 0 Å². The van der Waals surface area contributed by atoms with E-state index in [1.807, 2.05) is 0 Å². The first-order valence-corrected chi connectivity index (χ1v) is 9.19. The minimum Gasteiger partial charge on any atom is -0.493 e. The molecule has 2 aromatic carbocycles. The van der Waals surface area contributed by atoms with Crippen LogP contribution in [-0.4, -0.2) is 47.7 Å². The van der Waals surface area contributed by atoms with Crippen LogP contribution in [0.15, 0.2) is 41.3 Å². The highest BCUT2D eigenvalue weighted by Gasteiger charge is 2.28. The van der Waals surface area contributed by atoms with Gasteiger partial charge in [-0.2, -0.15) is 0 Å². The Labute approximate surface area is 161 Å². The number of anilines is 1. The average molecular weight is 410 g/mol. The molecule has 0 aromatic heterocycles. The topological polar surface area (TPSA) is 125 Å². The van der Waals surface area contributed by atoms with Crippen molar-refractivity contribution in [1.29, 1.82) is 0 Å². The lowest BCUT2D eigenvalue weighted by molar-refractivity contribution is -0.384. The molecule has 0 atom stereocenters. The van der Waals surface area contributed by atoms with Gasteiger partial charge in [0.1, 0.15) is 0 Å². The number of benzene rings is 2. The smallest absolute Gasteiger partial charge is 0.340 e. The number of sulfonamides is 1. The van der Waals surface area contributed by atoms with Crippen molar-refractivity contribution in [2.24, 2.45) is 0 Å². The predicted octanol–water partition coefficient (Wildman–Crippen LogP) is 2.22. The number of hydrogen-bond acceptors (Lipinski definition) is 8. The Morgan fingerprint density at radius 2 is 1.57 bits per heavy atom. The minimum absolute atomic E-state index is 0.0112. The van der Waals surface area contributed by atoms with Gasteiger partial charge in [0.05, 0.1) is 42.4 Å². The van der Waals surface area contributed by atoms with Gasteiger partial charge < -0.3 is 14.2 Å². The van der Waals surface area contributed by atoms with Gasteiger partial charge in [-0.05, 0) is 12.1 Å². The fourth-order valence-corrected chi connectivity index (χ4v) is 3.64. The van der Waals surface area contributed by atoms with Crippen molar-refractivity contribution in [3.05, 3.63) is 52.1 Å². The quantitative estimate of drug-likeness (QED) is 0.386. The Morgan fingerprint density at radius 3 is 2.04 bits per heavy atom. The van der Waals surface area contributed by atoms with Gasteiger partial charge in [0, 0.05) is 31.3 Å². The fourth-order valence-electron chi connectivity index (χ4n) is 2.43. The van der Waals surface area contributed by atoms with Crippen LogP contribution in [0, 0.1) is 10.1 Å². The Kier molecular flexibility index (Phi) is 6.09. The van der Waals surface area contributed by atoms with Gasteiger partial charge in [0.15, 0.2) is 11.5 Å². The van der Waals surface area contributed by atoms with Gasteiger partial charge in [-0.1, -0.05) is 0 Å². The zero-order valence-electron chi connectivity index (χ0n) is 15.5. The number of hydrogen-bond donors (Lipinski definition) is 0. The molecule has 0 aliphatic carbocycles. The molecule has 0 unspecified atom stereocenters. The summed E-state index contributed by atoms with van der Waals surface area (Å²) >= 11 is 0. The van der Waals surface area contributed by atoms with Crippen molar-refractivity contribution >= 4 is 27.4 Å². The summed E-state index contributed by atoms with van der Waals surface area (Å²) in [6.45, 7) is 0. The van der Waals surface area contributed by atoms with Crippen LogP contribution < -0.4 is 13.8 Å². The zero-order valence-corrected chi connectivity index (χ0v) is 16.3. The summed E-state index contributed by atoms with van der Waals surface area (Å²) in [4.78, 5) is 22.1. The van der Waals surface area contributed by atoms with Gasteiger partial charge >= 0.3 is 5.97 Å². The van der Waals surface area contributed by atoms with Crippen molar-refractivity contribution in [3.8, 4) is 11.5 Å². The van der Waals surface area contributed by atoms with Gasteiger partial charge in [-0.3, -0.25) is 14.4 Å². The molecule has 0 heterocycles. The molecule has 2 rings (SSSR count). The molecule has 150 valence electrons. The summed E-state index contributed by atoms with van der Waals surface area (Å²) in [5.41, 5.74) is -0.320. The molecule has 10 nitrogen and oxygen atoms in total. The highest BCUT2D eigenvalue weighted by atomic mass is 32.2. The lowest BCUT2D eigenvalue weighted by atomic mass is 10.1. The number of carbonyl (C=O) groups excluding carboxylic acids is 1. The molecule has 0 aliphatic rings. The second kappa shape index (κ2) is 8.13. The Balaban J connectivity index is 2.61. The van der Waals surface area contributed by atoms with E-state index in [0.29, 0.717) is 0 Å². The number of nitro benzene ring substituents is 1. The second-order valence-electron chi connectivity index (χ2n) is 5.44. The molecule has 0 saturated heterocycles. The van der Waals surface area contributed by atoms with E-state index in [1.165, 1.54) is 33.4 Å². The summed E-state index contributed by atoms with van der Waals surface area (Å²) in [6, 6.07) is 7.02. The summed E-state index contributed by atoms with van der Waals surface area (Å²) in [7, 11) is 1.00. The second-order valence-corrected chi connectivity index (χ2v) is 7.41. The van der Waals surface area contributed by atoms with E-state index in [4.69, 9.17) is 14.2 Å². The molecule has 0 radical (unpaired) electrons. The Bertz CT molecular complexity index is 1000. The largest absolute Gasteiger partial charge is 0.493 e. The Morgan fingerprint density at radius 1 is 1.04 bits per heavy atom. The minimum atomic E-state index is -4.14. The first kappa shape index (κ1) is 21.0. The third-order valence-corrected chi connectivity index (χ3v) is 5.74. The number of rotatable bonds is 7. The molecule has 0 N–H and O–H groups in total. The number of non-ortho nitro benzene ring substituents is 1. The molecular weight excluding hydrogens is 392 g/mol. The third-order valence-electron chi connectivity index (χ3n) is 3.95. The molecule has 28 heavy (non-hydrogen) atoms. The molecule has 0 spiro atoms. The van der Waals surface area contributed by atoms with E-state index in [9.17, 15) is 23.3 Å². The predicted molar refractivity (Wildman–Crippen MR) is 99.6 cm³/mol. The number of nitro groups is 1. The van der Waals surface area contributed by atoms with Crippen LogP contribution >= 0.6 is 0 Å². The van der Waals surface area contributed by atoms with Crippen LogP contribution in [0.1, 0.15) is 10.4 Å². The van der Waals surface area contributed by atoms with Crippen LogP contribution in [0.4, 0.5) is 11.4 Å². The highest BCUT2D eigenvalue weighted by molar-refractivity contribution is 7.92. The van der Waals surface area contributed by atoms with Gasteiger partial charge in [-0.25, -0.2) is 13.2 Å². The molecule has 0 aliphatic heterocycles. The normalized spacial score (nSPS) is 10.9. The van der Waals surface area contributed by atoms with Crippen LogP contribution in [0.5, 0.6) is 11.5 Å². The summed E-state index contributed by atoms with van der Waals surface area (Å²) < 4.78 is 41.8. The van der Waals surface area contributed by atoms with E-state index in [0.717, 1.165) is 35.7 Å². The van der Waals surface area contributed by atoms with Crippen molar-refractivity contribution < 1.29 is 32.3 Å². The standard InChI is InChI=1S/C17H18N2O8S/c1-18(28(23,24)12-7-5-11(6-8-12)19(21)22)14-10-16(26-3)15(25-2)9-13(14)17(20)27-4/h5-10H,1-4H3. The van der Waals surface area contributed by atoms with Crippen molar-refractivity contribution in [3.63, 3.8) is 0 Å². The third kappa shape index (κ3) is 3.83. The Hall–Kier alpha value is -3.34. The van der Waals surface area contributed by atoms with E-state index in [-0.39, 0.29) is 33.3 Å². The maximum Gasteiger partial charge on any atom is 0.340 e. The maximum absolute atomic E-state index is 13.0. The molecular formula is C17H18N2O8S. The van der Waals surface area contributed by atoms with Gasteiger partial charge in [0.25, 0.3) is 15.7 Å². The lowest BCUT2D eigenvalue weighted by Crippen LogP contribution is -2.28. The van der Waals surface area contributed by atoms with Crippen LogP contribution in [0.2, 0.25) is 0 Å². The lowest BCUT2D eigenvalue weighted by Gasteiger charge is -2.23. The summed E-state index contributed by atoms with van der Waals surface area (Å²) in [5, 5.41) is 10.8. The number of carbonyl (C=O) groups is 1. The molecule has 0 fully saturated rings. The van der Waals surface area contributed by atoms with Gasteiger partial charge in [-0.15, -0.1) is 0 Å². The van der Waals surface area contributed by atoms with E-state index in [2.05, 4.69) is 0 Å². The molecule has 0 amide bonds. The number of methoxy groups -OCH3 is 3.